The summed E-state index contributed by atoms with van der Waals surface area (Å²) in [6, 6.07) is 9.82. The van der Waals surface area contributed by atoms with E-state index < -0.39 is 53.2 Å². The number of allylic oxidation sites excluding steroid dienone is 1. The number of hydrogen-bond donors (Lipinski definition) is 0. The van der Waals surface area contributed by atoms with Crippen LogP contribution in [-0.4, -0.2) is 19.3 Å². The van der Waals surface area contributed by atoms with Gasteiger partial charge in [-0.25, -0.2) is 22.0 Å². The Labute approximate surface area is 264 Å². The summed E-state index contributed by atoms with van der Waals surface area (Å²) in [5.74, 6) is -7.86. The molecule has 1 saturated carbocycles. The maximum atomic E-state index is 15.1. The molecule has 2 fully saturated rings. The van der Waals surface area contributed by atoms with Crippen LogP contribution >= 0.6 is 0 Å². The first-order valence-electron chi connectivity index (χ1n) is 15.8. The number of alkyl halides is 2. The zero-order chi connectivity index (χ0) is 32.8. The molecular weight excluding hydrogens is 613 g/mol. The molecule has 0 aromatic heterocycles. The highest BCUT2D eigenvalue weighted by atomic mass is 19.3. The van der Waals surface area contributed by atoms with Crippen LogP contribution in [0.15, 0.2) is 54.6 Å². The highest BCUT2D eigenvalue weighted by Crippen LogP contribution is 2.41. The first kappa shape index (κ1) is 34.0. The fourth-order valence-electron chi connectivity index (χ4n) is 6.05. The second-order valence-electron chi connectivity index (χ2n) is 12.2. The lowest BCUT2D eigenvalue weighted by Crippen LogP contribution is -2.37. The Morgan fingerprint density at radius 2 is 1.50 bits per heavy atom. The molecule has 3 aromatic rings. The molecule has 2 aliphatic rings. The van der Waals surface area contributed by atoms with Crippen LogP contribution in [0.5, 0.6) is 5.75 Å². The van der Waals surface area contributed by atoms with Crippen molar-refractivity contribution in [1.29, 1.82) is 0 Å². The number of ether oxygens (including phenoxy) is 3. The fraction of sp³-hybridized carbons (Fsp3) is 0.444. The van der Waals surface area contributed by atoms with E-state index in [4.69, 9.17) is 9.47 Å². The molecular formula is C36H37F7O3. The second-order valence-corrected chi connectivity index (χ2v) is 12.2. The highest BCUT2D eigenvalue weighted by molar-refractivity contribution is 5.67. The van der Waals surface area contributed by atoms with Gasteiger partial charge in [0.25, 0.3) is 0 Å². The molecule has 3 aromatic carbocycles. The van der Waals surface area contributed by atoms with Crippen LogP contribution in [-0.2, 0) is 9.47 Å². The van der Waals surface area contributed by atoms with E-state index in [1.54, 1.807) is 30.4 Å². The van der Waals surface area contributed by atoms with E-state index in [0.29, 0.717) is 55.2 Å². The molecule has 1 heterocycles. The zero-order valence-electron chi connectivity index (χ0n) is 25.5. The summed E-state index contributed by atoms with van der Waals surface area (Å²) in [5.41, 5.74) is 1.43. The third-order valence-electron chi connectivity index (χ3n) is 8.77. The molecule has 0 bridgehead atoms. The predicted octanol–water partition coefficient (Wildman–Crippen LogP) is 10.8. The van der Waals surface area contributed by atoms with Gasteiger partial charge in [-0.1, -0.05) is 62.6 Å². The fourth-order valence-corrected chi connectivity index (χ4v) is 6.05. The van der Waals surface area contributed by atoms with Crippen molar-refractivity contribution in [3.63, 3.8) is 0 Å². The van der Waals surface area contributed by atoms with Crippen molar-refractivity contribution < 1.29 is 44.9 Å². The van der Waals surface area contributed by atoms with Crippen LogP contribution in [0.1, 0.15) is 75.7 Å². The average molecular weight is 651 g/mol. The van der Waals surface area contributed by atoms with Crippen molar-refractivity contribution in [2.24, 2.45) is 17.8 Å². The van der Waals surface area contributed by atoms with E-state index in [1.807, 2.05) is 0 Å². The third-order valence-corrected chi connectivity index (χ3v) is 8.77. The van der Waals surface area contributed by atoms with E-state index in [0.717, 1.165) is 19.3 Å². The maximum Gasteiger partial charge on any atom is 0.400 e. The van der Waals surface area contributed by atoms with Crippen LogP contribution in [0.3, 0.4) is 0 Å². The van der Waals surface area contributed by atoms with Gasteiger partial charge in [-0.2, -0.15) is 8.78 Å². The minimum absolute atomic E-state index is 0.0569. The van der Waals surface area contributed by atoms with Gasteiger partial charge >= 0.3 is 6.11 Å². The molecule has 46 heavy (non-hydrogen) atoms. The molecule has 5 rings (SSSR count). The third kappa shape index (κ3) is 8.31. The number of unbranched alkanes of at least 4 members (excludes halogenated alkanes) is 2. The molecule has 3 nitrogen and oxygen atoms in total. The van der Waals surface area contributed by atoms with Crippen molar-refractivity contribution >= 4 is 6.08 Å². The van der Waals surface area contributed by atoms with E-state index in [-0.39, 0.29) is 29.9 Å². The molecule has 0 unspecified atom stereocenters. The van der Waals surface area contributed by atoms with Gasteiger partial charge in [0.15, 0.2) is 23.7 Å². The number of benzene rings is 3. The van der Waals surface area contributed by atoms with Gasteiger partial charge in [0.1, 0.15) is 17.4 Å². The molecule has 248 valence electrons. The molecule has 0 atom stereocenters. The summed E-state index contributed by atoms with van der Waals surface area (Å²) in [6.45, 7) is 3.27. The Hall–Kier alpha value is -3.37. The summed E-state index contributed by atoms with van der Waals surface area (Å²) in [4.78, 5) is 0. The Morgan fingerprint density at radius 1 is 0.804 bits per heavy atom. The van der Waals surface area contributed by atoms with Crippen molar-refractivity contribution in [3.05, 3.63) is 94.8 Å². The van der Waals surface area contributed by atoms with Crippen LogP contribution in [0.25, 0.3) is 17.2 Å². The highest BCUT2D eigenvalue weighted by Gasteiger charge is 2.44. The molecule has 0 amide bonds. The molecule has 0 radical (unpaired) electrons. The quantitative estimate of drug-likeness (QED) is 0.117. The van der Waals surface area contributed by atoms with Crippen molar-refractivity contribution in [3.8, 4) is 16.9 Å². The van der Waals surface area contributed by atoms with E-state index in [2.05, 4.69) is 11.7 Å². The lowest BCUT2D eigenvalue weighted by molar-refractivity contribution is -0.223. The van der Waals surface area contributed by atoms with Crippen molar-refractivity contribution in [2.75, 3.05) is 13.2 Å². The van der Waals surface area contributed by atoms with Gasteiger partial charge < -0.3 is 14.2 Å². The monoisotopic (exact) mass is 650 g/mol. The molecule has 0 spiro atoms. The largest absolute Gasteiger partial charge is 0.432 e. The first-order valence-corrected chi connectivity index (χ1v) is 15.8. The number of rotatable bonds is 11. The van der Waals surface area contributed by atoms with E-state index >= 15 is 8.78 Å². The van der Waals surface area contributed by atoms with Gasteiger partial charge in [0.05, 0.1) is 19.1 Å². The Bertz CT molecular complexity index is 1490. The summed E-state index contributed by atoms with van der Waals surface area (Å²) >= 11 is 0. The van der Waals surface area contributed by atoms with Crippen LogP contribution in [0.4, 0.5) is 30.7 Å². The van der Waals surface area contributed by atoms with Crippen LogP contribution < -0.4 is 4.74 Å². The number of halogens is 7. The lowest BCUT2D eigenvalue weighted by atomic mass is 9.81. The molecule has 1 aliphatic heterocycles. The molecule has 1 aliphatic carbocycles. The SMILES string of the molecule is CCCCCC1COC(c2ccc(-c3ccc(/C=C/C4CCC(C(F)(F)Oc5cc(F)c(F)c(F)c5)CC4)c(F)c3)c(F)c2)OC1. The molecule has 0 N–H and O–H groups in total. The standard InChI is InChI=1S/C36H37F7O3/c1-2-3-4-5-23-20-44-35(45-21-23)26-12-15-29(31(38)17-26)25-11-10-24(30(37)16-25)9-6-22-7-13-27(14-8-22)36(42,43)46-28-18-32(39)34(41)33(40)19-28/h6,9-12,15-19,22-23,27,35H,2-5,7-8,13-14,20-21H2,1H3/b9-6+. The van der Waals surface area contributed by atoms with Crippen molar-refractivity contribution in [1.82, 2.24) is 0 Å². The maximum absolute atomic E-state index is 15.1. The van der Waals surface area contributed by atoms with Gasteiger partial charge in [0.2, 0.25) is 0 Å². The van der Waals surface area contributed by atoms with Gasteiger partial charge in [-0.15, -0.1) is 0 Å². The number of hydrogen-bond acceptors (Lipinski definition) is 3. The van der Waals surface area contributed by atoms with E-state index in [9.17, 15) is 22.0 Å². The van der Waals surface area contributed by atoms with Gasteiger partial charge in [-0.3, -0.25) is 0 Å². The van der Waals surface area contributed by atoms with Gasteiger partial charge in [-0.05, 0) is 55.7 Å². The summed E-state index contributed by atoms with van der Waals surface area (Å²) in [5, 5.41) is 0. The summed E-state index contributed by atoms with van der Waals surface area (Å²) in [7, 11) is 0. The van der Waals surface area contributed by atoms with E-state index in [1.165, 1.54) is 24.6 Å². The second kappa shape index (κ2) is 15.0. The summed E-state index contributed by atoms with van der Waals surface area (Å²) in [6.07, 6.45) is 4.29. The lowest BCUT2D eigenvalue weighted by Gasteiger charge is -2.32. The normalized spacial score (nSPS) is 22.3. The zero-order valence-corrected chi connectivity index (χ0v) is 25.5. The average Bonchev–Trinajstić information content (AvgIpc) is 3.03. The first-order chi connectivity index (χ1) is 22.0. The topological polar surface area (TPSA) is 27.7 Å². The van der Waals surface area contributed by atoms with Gasteiger partial charge in [0, 0.05) is 34.7 Å². The Balaban J connectivity index is 1.14. The Morgan fingerprint density at radius 3 is 2.13 bits per heavy atom. The minimum Gasteiger partial charge on any atom is -0.432 e. The molecule has 10 heteroatoms. The predicted molar refractivity (Wildman–Crippen MR) is 160 cm³/mol. The molecule has 1 saturated heterocycles. The van der Waals surface area contributed by atoms with Crippen molar-refractivity contribution in [2.45, 2.75) is 70.7 Å². The minimum atomic E-state index is -3.71. The van der Waals surface area contributed by atoms with Crippen LogP contribution in [0.2, 0.25) is 0 Å². The smallest absolute Gasteiger partial charge is 0.400 e. The van der Waals surface area contributed by atoms with Crippen LogP contribution in [0, 0.1) is 46.8 Å². The summed E-state index contributed by atoms with van der Waals surface area (Å²) < 4.78 is 116. The Kier molecular flexibility index (Phi) is 11.1.